The van der Waals surface area contributed by atoms with Crippen molar-refractivity contribution in [2.24, 2.45) is 5.84 Å². The van der Waals surface area contributed by atoms with Crippen LogP contribution in [0, 0.1) is 0 Å². The molecule has 1 aliphatic heterocycles. The zero-order valence-corrected chi connectivity index (χ0v) is 12.0. The van der Waals surface area contributed by atoms with Crippen LogP contribution in [0.2, 0.25) is 0 Å². The van der Waals surface area contributed by atoms with Crippen molar-refractivity contribution in [1.82, 2.24) is 10.4 Å². The Morgan fingerprint density at radius 1 is 1.61 bits per heavy atom. The van der Waals surface area contributed by atoms with Crippen LogP contribution < -0.4 is 11.3 Å². The Balaban J connectivity index is 1.78. The van der Waals surface area contributed by atoms with Crippen molar-refractivity contribution in [3.63, 3.8) is 0 Å². The first-order valence-electron chi connectivity index (χ1n) is 5.59. The van der Waals surface area contributed by atoms with Crippen LogP contribution in [-0.4, -0.2) is 28.9 Å². The third kappa shape index (κ3) is 3.68. The number of thioether (sulfide) groups is 1. The molecule has 7 heteroatoms. The van der Waals surface area contributed by atoms with Crippen molar-refractivity contribution in [2.75, 3.05) is 5.75 Å². The predicted octanol–water partition coefficient (Wildman–Crippen LogP) is 1.47. The van der Waals surface area contributed by atoms with Crippen LogP contribution in [0.4, 0.5) is 0 Å². The van der Waals surface area contributed by atoms with Crippen LogP contribution in [0.25, 0.3) is 0 Å². The second kappa shape index (κ2) is 6.51. The zero-order chi connectivity index (χ0) is 13.0. The maximum atomic E-state index is 11.3. The van der Waals surface area contributed by atoms with E-state index < -0.39 is 6.10 Å². The number of carbonyl (C=O) groups excluding carboxylic acids is 1. The summed E-state index contributed by atoms with van der Waals surface area (Å²) < 4.78 is 6.57. The van der Waals surface area contributed by atoms with Gasteiger partial charge >= 0.3 is 0 Å². The van der Waals surface area contributed by atoms with E-state index in [1.54, 1.807) is 18.0 Å². The zero-order valence-electron chi connectivity index (χ0n) is 9.64. The Bertz CT molecular complexity index is 415. The molecule has 1 amide bonds. The fourth-order valence-electron chi connectivity index (χ4n) is 1.74. The highest BCUT2D eigenvalue weighted by Gasteiger charge is 2.30. The van der Waals surface area contributed by atoms with Crippen LogP contribution in [0.15, 0.2) is 27.8 Å². The standard InChI is InChI=1S/C11H14BrN3O2S/c12-7-1-4-10(14-5-7)18-6-8-2-3-9(17-8)11(16)15-13/h1,4-5,8-9H,2-3,6,13H2,(H,15,16). The van der Waals surface area contributed by atoms with Gasteiger partial charge in [0.1, 0.15) is 6.10 Å². The summed E-state index contributed by atoms with van der Waals surface area (Å²) in [5.74, 6) is 5.63. The molecule has 98 valence electrons. The lowest BCUT2D eigenvalue weighted by atomic mass is 10.2. The first kappa shape index (κ1) is 13.8. The molecule has 3 N–H and O–H groups in total. The highest BCUT2D eigenvalue weighted by Crippen LogP contribution is 2.26. The number of rotatable bonds is 4. The predicted molar refractivity (Wildman–Crippen MR) is 72.9 cm³/mol. The number of aromatic nitrogens is 1. The highest BCUT2D eigenvalue weighted by atomic mass is 79.9. The molecule has 1 aromatic heterocycles. The molecule has 0 aromatic carbocycles. The summed E-state index contributed by atoms with van der Waals surface area (Å²) in [4.78, 5) is 15.6. The topological polar surface area (TPSA) is 77.2 Å². The number of pyridine rings is 1. The Hall–Kier alpha value is -0.630. The molecule has 18 heavy (non-hydrogen) atoms. The summed E-state index contributed by atoms with van der Waals surface area (Å²) in [6.07, 6.45) is 3.05. The van der Waals surface area contributed by atoms with Gasteiger partial charge in [-0.25, -0.2) is 10.8 Å². The van der Waals surface area contributed by atoms with Crippen LogP contribution in [0.3, 0.4) is 0 Å². The smallest absolute Gasteiger partial charge is 0.263 e. The highest BCUT2D eigenvalue weighted by molar-refractivity contribution is 9.10. The molecule has 0 saturated carbocycles. The molecule has 2 unspecified atom stereocenters. The number of amides is 1. The second-order valence-electron chi connectivity index (χ2n) is 3.96. The maximum absolute atomic E-state index is 11.3. The van der Waals surface area contributed by atoms with Gasteiger partial charge in [0.2, 0.25) is 0 Å². The molecule has 2 atom stereocenters. The molecule has 1 saturated heterocycles. The van der Waals surface area contributed by atoms with Gasteiger partial charge in [-0.1, -0.05) is 0 Å². The van der Waals surface area contributed by atoms with Crippen molar-refractivity contribution >= 4 is 33.6 Å². The second-order valence-corrected chi connectivity index (χ2v) is 5.91. The largest absolute Gasteiger partial charge is 0.364 e. The van der Waals surface area contributed by atoms with Gasteiger partial charge in [-0.2, -0.15) is 0 Å². The minimum Gasteiger partial charge on any atom is -0.364 e. The average Bonchev–Trinajstić information content (AvgIpc) is 2.86. The first-order chi connectivity index (χ1) is 8.69. The third-order valence-electron chi connectivity index (χ3n) is 2.66. The van der Waals surface area contributed by atoms with Gasteiger partial charge in [0, 0.05) is 16.4 Å². The minimum absolute atomic E-state index is 0.0859. The fourth-order valence-corrected chi connectivity index (χ4v) is 2.87. The molecule has 0 radical (unpaired) electrons. The number of nitrogens with one attached hydrogen (secondary N) is 1. The molecule has 0 aliphatic carbocycles. The van der Waals surface area contributed by atoms with Gasteiger partial charge in [0.05, 0.1) is 11.1 Å². The molecule has 2 heterocycles. The minimum atomic E-state index is -0.404. The lowest BCUT2D eigenvalue weighted by Gasteiger charge is -2.11. The van der Waals surface area contributed by atoms with Gasteiger partial charge in [-0.3, -0.25) is 10.2 Å². The number of carbonyl (C=O) groups is 1. The first-order valence-corrected chi connectivity index (χ1v) is 7.37. The summed E-state index contributed by atoms with van der Waals surface area (Å²) in [5.41, 5.74) is 2.12. The average molecular weight is 332 g/mol. The number of halogens is 1. The normalized spacial score (nSPS) is 23.0. The Morgan fingerprint density at radius 2 is 2.44 bits per heavy atom. The van der Waals surface area contributed by atoms with E-state index in [1.165, 1.54) is 0 Å². The molecular formula is C11H14BrN3O2S. The summed E-state index contributed by atoms with van der Waals surface area (Å²) >= 11 is 4.97. The third-order valence-corrected chi connectivity index (χ3v) is 4.20. The molecule has 1 fully saturated rings. The van der Waals surface area contributed by atoms with Crippen LogP contribution in [0.1, 0.15) is 12.8 Å². The van der Waals surface area contributed by atoms with Crippen molar-refractivity contribution in [3.8, 4) is 0 Å². The Labute approximate surface area is 118 Å². The van der Waals surface area contributed by atoms with E-state index in [0.29, 0.717) is 0 Å². The maximum Gasteiger partial charge on any atom is 0.263 e. The molecule has 2 rings (SSSR count). The quantitative estimate of drug-likeness (QED) is 0.378. The summed E-state index contributed by atoms with van der Waals surface area (Å²) in [6, 6.07) is 3.91. The van der Waals surface area contributed by atoms with E-state index in [9.17, 15) is 4.79 Å². The van der Waals surface area contributed by atoms with E-state index in [4.69, 9.17) is 10.6 Å². The van der Waals surface area contributed by atoms with E-state index in [0.717, 1.165) is 28.1 Å². The molecule has 5 nitrogen and oxygen atoms in total. The van der Waals surface area contributed by atoms with Crippen molar-refractivity contribution in [1.29, 1.82) is 0 Å². The van der Waals surface area contributed by atoms with E-state index in [-0.39, 0.29) is 12.0 Å². The van der Waals surface area contributed by atoms with E-state index in [2.05, 4.69) is 26.3 Å². The molecule has 1 aliphatic rings. The van der Waals surface area contributed by atoms with Gasteiger partial charge in [-0.15, -0.1) is 11.8 Å². The summed E-state index contributed by atoms with van der Waals surface area (Å²) in [6.45, 7) is 0. The van der Waals surface area contributed by atoms with Crippen LogP contribution in [-0.2, 0) is 9.53 Å². The lowest BCUT2D eigenvalue weighted by Crippen LogP contribution is -2.39. The van der Waals surface area contributed by atoms with Crippen molar-refractivity contribution in [3.05, 3.63) is 22.8 Å². The molecular weight excluding hydrogens is 318 g/mol. The number of hydrazine groups is 1. The van der Waals surface area contributed by atoms with E-state index in [1.807, 2.05) is 12.1 Å². The van der Waals surface area contributed by atoms with Crippen LogP contribution >= 0.6 is 27.7 Å². The summed E-state index contributed by atoms with van der Waals surface area (Å²) in [7, 11) is 0. The van der Waals surface area contributed by atoms with Crippen molar-refractivity contribution in [2.45, 2.75) is 30.1 Å². The monoisotopic (exact) mass is 331 g/mol. The van der Waals surface area contributed by atoms with E-state index >= 15 is 0 Å². The number of hydrogen-bond donors (Lipinski definition) is 2. The summed E-state index contributed by atoms with van der Waals surface area (Å²) in [5, 5.41) is 0.952. The number of hydrogen-bond acceptors (Lipinski definition) is 5. The van der Waals surface area contributed by atoms with Crippen molar-refractivity contribution < 1.29 is 9.53 Å². The Kier molecular flexibility index (Phi) is 4.99. The van der Waals surface area contributed by atoms with Gasteiger partial charge < -0.3 is 4.74 Å². The van der Waals surface area contributed by atoms with Gasteiger partial charge in [0.25, 0.3) is 5.91 Å². The van der Waals surface area contributed by atoms with Gasteiger partial charge in [0.15, 0.2) is 0 Å². The van der Waals surface area contributed by atoms with Gasteiger partial charge in [-0.05, 0) is 40.9 Å². The fraction of sp³-hybridized carbons (Fsp3) is 0.455. The number of ether oxygens (including phenoxy) is 1. The molecule has 0 bridgehead atoms. The number of nitrogens with zero attached hydrogens (tertiary/aromatic N) is 1. The molecule has 1 aromatic rings. The Morgan fingerprint density at radius 3 is 3.11 bits per heavy atom. The number of nitrogens with two attached hydrogens (primary N) is 1. The molecule has 0 spiro atoms. The lowest BCUT2D eigenvalue weighted by molar-refractivity contribution is -0.131. The SMILES string of the molecule is NNC(=O)C1CCC(CSc2ccc(Br)cn2)O1. The van der Waals surface area contributed by atoms with Crippen LogP contribution in [0.5, 0.6) is 0 Å².